The maximum atomic E-state index is 12.2. The summed E-state index contributed by atoms with van der Waals surface area (Å²) in [6.07, 6.45) is 0.365. The van der Waals surface area contributed by atoms with Crippen LogP contribution in [0.15, 0.2) is 28.7 Å². The lowest BCUT2D eigenvalue weighted by Crippen LogP contribution is -2.51. The summed E-state index contributed by atoms with van der Waals surface area (Å²) < 4.78 is 6.26. The molecule has 1 atom stereocenters. The predicted octanol–water partition coefficient (Wildman–Crippen LogP) is 1.21. The van der Waals surface area contributed by atoms with Crippen molar-refractivity contribution in [3.63, 3.8) is 0 Å². The quantitative estimate of drug-likeness (QED) is 0.912. The molecule has 18 heavy (non-hydrogen) atoms. The minimum atomic E-state index is -0.207. The van der Waals surface area contributed by atoms with E-state index in [9.17, 15) is 9.90 Å². The Kier molecular flexibility index (Phi) is 4.74. The molecule has 0 radical (unpaired) electrons. The number of ether oxygens (including phenoxy) is 1. The molecule has 1 fully saturated rings. The van der Waals surface area contributed by atoms with Gasteiger partial charge in [-0.3, -0.25) is 4.79 Å². The van der Waals surface area contributed by atoms with Crippen molar-refractivity contribution in [1.29, 1.82) is 0 Å². The third-order valence-electron chi connectivity index (χ3n) is 3.03. The van der Waals surface area contributed by atoms with Gasteiger partial charge >= 0.3 is 0 Å². The Morgan fingerprint density at radius 1 is 1.44 bits per heavy atom. The van der Waals surface area contributed by atoms with Gasteiger partial charge in [-0.1, -0.05) is 28.1 Å². The number of aliphatic hydroxyl groups excluding tert-OH is 1. The molecule has 1 saturated heterocycles. The molecule has 1 unspecified atom stereocenters. The van der Waals surface area contributed by atoms with Crippen LogP contribution in [0.1, 0.15) is 5.56 Å². The number of nitrogens with zero attached hydrogens (tertiary/aromatic N) is 1. The van der Waals surface area contributed by atoms with E-state index in [1.54, 1.807) is 4.90 Å². The van der Waals surface area contributed by atoms with Gasteiger partial charge in [0.25, 0.3) is 0 Å². The molecule has 0 bridgehead atoms. The predicted molar refractivity (Wildman–Crippen MR) is 71.3 cm³/mol. The Morgan fingerprint density at radius 2 is 2.17 bits per heavy atom. The Bertz CT molecular complexity index is 407. The van der Waals surface area contributed by atoms with E-state index in [1.165, 1.54) is 0 Å². The molecule has 1 aliphatic heterocycles. The average molecular weight is 314 g/mol. The van der Waals surface area contributed by atoms with Crippen LogP contribution >= 0.6 is 15.9 Å². The van der Waals surface area contributed by atoms with Gasteiger partial charge in [0.2, 0.25) is 5.91 Å². The molecule has 98 valence electrons. The van der Waals surface area contributed by atoms with E-state index in [4.69, 9.17) is 4.74 Å². The zero-order valence-corrected chi connectivity index (χ0v) is 11.6. The van der Waals surface area contributed by atoms with Crippen molar-refractivity contribution in [2.45, 2.75) is 12.5 Å². The number of morpholine rings is 1. The number of aliphatic hydroxyl groups is 1. The van der Waals surface area contributed by atoms with E-state index in [0.29, 0.717) is 26.2 Å². The molecule has 1 amide bonds. The molecular weight excluding hydrogens is 298 g/mol. The topological polar surface area (TPSA) is 49.8 Å². The fraction of sp³-hybridized carbons (Fsp3) is 0.462. The molecule has 4 nitrogen and oxygen atoms in total. The summed E-state index contributed by atoms with van der Waals surface area (Å²) in [6, 6.07) is 7.49. The first-order valence-electron chi connectivity index (χ1n) is 5.93. The van der Waals surface area contributed by atoms with Crippen molar-refractivity contribution in [3.8, 4) is 0 Å². The van der Waals surface area contributed by atoms with Gasteiger partial charge in [0, 0.05) is 11.0 Å². The lowest BCUT2D eigenvalue weighted by atomic mass is 10.1. The molecule has 0 saturated carbocycles. The van der Waals surface area contributed by atoms with Gasteiger partial charge in [-0.25, -0.2) is 0 Å². The maximum Gasteiger partial charge on any atom is 0.227 e. The van der Waals surface area contributed by atoms with E-state index >= 15 is 0 Å². The second-order valence-electron chi connectivity index (χ2n) is 4.30. The van der Waals surface area contributed by atoms with Crippen molar-refractivity contribution in [1.82, 2.24) is 4.90 Å². The number of hydrogen-bond donors (Lipinski definition) is 1. The number of benzene rings is 1. The molecule has 2 rings (SSSR count). The van der Waals surface area contributed by atoms with Crippen molar-refractivity contribution in [3.05, 3.63) is 34.3 Å². The molecule has 0 spiro atoms. The van der Waals surface area contributed by atoms with E-state index in [0.717, 1.165) is 10.0 Å². The van der Waals surface area contributed by atoms with Crippen molar-refractivity contribution >= 4 is 21.8 Å². The van der Waals surface area contributed by atoms with Gasteiger partial charge in [-0.2, -0.15) is 0 Å². The van der Waals surface area contributed by atoms with Crippen LogP contribution in [0.25, 0.3) is 0 Å². The first-order chi connectivity index (χ1) is 8.70. The van der Waals surface area contributed by atoms with Gasteiger partial charge in [0.15, 0.2) is 0 Å². The van der Waals surface area contributed by atoms with Crippen LogP contribution in [0.3, 0.4) is 0 Å². The number of carbonyl (C=O) groups excluding carboxylic acids is 1. The molecule has 1 aromatic rings. The highest BCUT2D eigenvalue weighted by atomic mass is 79.9. The summed E-state index contributed by atoms with van der Waals surface area (Å²) >= 11 is 3.36. The fourth-order valence-corrected chi connectivity index (χ4v) is 2.28. The number of carbonyl (C=O) groups is 1. The summed E-state index contributed by atoms with van der Waals surface area (Å²) in [4.78, 5) is 13.9. The first kappa shape index (κ1) is 13.5. The van der Waals surface area contributed by atoms with Gasteiger partial charge < -0.3 is 14.7 Å². The minimum absolute atomic E-state index is 0.0414. The highest BCUT2D eigenvalue weighted by Gasteiger charge is 2.26. The zero-order valence-electron chi connectivity index (χ0n) is 10.0. The van der Waals surface area contributed by atoms with Crippen LogP contribution in [0.2, 0.25) is 0 Å². The van der Waals surface area contributed by atoms with Crippen LogP contribution in [0.4, 0.5) is 0 Å². The lowest BCUT2D eigenvalue weighted by Gasteiger charge is -2.34. The molecule has 5 heteroatoms. The summed E-state index contributed by atoms with van der Waals surface area (Å²) in [6.45, 7) is 1.47. The average Bonchev–Trinajstić information content (AvgIpc) is 2.41. The molecule has 1 heterocycles. The van der Waals surface area contributed by atoms with E-state index in [-0.39, 0.29) is 18.6 Å². The Balaban J connectivity index is 2.00. The van der Waals surface area contributed by atoms with Crippen molar-refractivity contribution in [2.75, 3.05) is 26.4 Å². The molecule has 1 aromatic carbocycles. The largest absolute Gasteiger partial charge is 0.394 e. The fourth-order valence-electron chi connectivity index (χ4n) is 2.01. The lowest BCUT2D eigenvalue weighted by molar-refractivity contribution is -0.140. The second-order valence-corrected chi connectivity index (χ2v) is 5.22. The van der Waals surface area contributed by atoms with Crippen LogP contribution in [-0.2, 0) is 16.0 Å². The molecule has 0 aromatic heterocycles. The molecule has 1 N–H and O–H groups in total. The maximum absolute atomic E-state index is 12.2. The van der Waals surface area contributed by atoms with E-state index in [1.807, 2.05) is 24.3 Å². The minimum Gasteiger partial charge on any atom is -0.394 e. The number of halogens is 1. The summed E-state index contributed by atoms with van der Waals surface area (Å²) in [5.74, 6) is 0.0414. The van der Waals surface area contributed by atoms with Crippen LogP contribution in [0.5, 0.6) is 0 Å². The highest BCUT2D eigenvalue weighted by Crippen LogP contribution is 2.13. The zero-order chi connectivity index (χ0) is 13.0. The van der Waals surface area contributed by atoms with Gasteiger partial charge in [0.1, 0.15) is 0 Å². The molecule has 1 aliphatic rings. The standard InChI is InChI=1S/C13H16BrNO3/c14-11-3-1-10(2-4-11)7-13(17)15-5-6-18-9-12(15)8-16/h1-4,12,16H,5-9H2. The Morgan fingerprint density at radius 3 is 2.83 bits per heavy atom. The third-order valence-corrected chi connectivity index (χ3v) is 3.56. The van der Waals surface area contributed by atoms with Gasteiger partial charge in [0.05, 0.1) is 32.3 Å². The second kappa shape index (κ2) is 6.31. The smallest absolute Gasteiger partial charge is 0.227 e. The van der Waals surface area contributed by atoms with Crippen LogP contribution in [0, 0.1) is 0 Å². The third kappa shape index (κ3) is 3.31. The summed E-state index contributed by atoms with van der Waals surface area (Å²) in [7, 11) is 0. The van der Waals surface area contributed by atoms with Crippen LogP contribution in [-0.4, -0.2) is 48.3 Å². The SMILES string of the molecule is O=C(Cc1ccc(Br)cc1)N1CCOCC1CO. The molecular formula is C13H16BrNO3. The highest BCUT2D eigenvalue weighted by molar-refractivity contribution is 9.10. The van der Waals surface area contributed by atoms with Gasteiger partial charge in [-0.05, 0) is 17.7 Å². The van der Waals surface area contributed by atoms with Crippen molar-refractivity contribution < 1.29 is 14.6 Å². The summed E-state index contributed by atoms with van der Waals surface area (Å²) in [5, 5.41) is 9.23. The molecule has 0 aliphatic carbocycles. The number of hydrogen-bond acceptors (Lipinski definition) is 3. The number of amides is 1. The van der Waals surface area contributed by atoms with Crippen molar-refractivity contribution in [2.24, 2.45) is 0 Å². The van der Waals surface area contributed by atoms with E-state index < -0.39 is 0 Å². The summed E-state index contributed by atoms with van der Waals surface area (Å²) in [5.41, 5.74) is 0.978. The van der Waals surface area contributed by atoms with Crippen LogP contribution < -0.4 is 0 Å². The van der Waals surface area contributed by atoms with Gasteiger partial charge in [-0.15, -0.1) is 0 Å². The first-order valence-corrected chi connectivity index (χ1v) is 6.72. The normalized spacial score (nSPS) is 19.9. The number of rotatable bonds is 3. The Labute approximate surface area is 115 Å². The monoisotopic (exact) mass is 313 g/mol. The Hall–Kier alpha value is -0.910. The van der Waals surface area contributed by atoms with E-state index in [2.05, 4.69) is 15.9 Å².